The summed E-state index contributed by atoms with van der Waals surface area (Å²) in [7, 11) is 0. The number of carbonyl (C=O) groups excluding carboxylic acids is 6. The van der Waals surface area contributed by atoms with Gasteiger partial charge in [-0.05, 0) is 163 Å². The van der Waals surface area contributed by atoms with Crippen molar-refractivity contribution in [2.45, 2.75) is 67.7 Å². The van der Waals surface area contributed by atoms with Crippen LogP contribution in [0.25, 0.3) is 151 Å². The van der Waals surface area contributed by atoms with Gasteiger partial charge in [-0.25, -0.2) is 34.0 Å². The quantitative estimate of drug-likeness (QED) is 0.0738. The van der Waals surface area contributed by atoms with Crippen molar-refractivity contribution in [2.75, 3.05) is 0 Å². The van der Waals surface area contributed by atoms with Gasteiger partial charge in [-0.1, -0.05) is 201 Å². The fraction of sp³-hybridized carbons (Fsp3) is 0.0855. The van der Waals surface area contributed by atoms with E-state index in [9.17, 15) is 28.8 Å². The molecule has 0 saturated carbocycles. The number of Topliss-reactive ketones (excluding diaryl/α,β-unsaturated/α-hetero) is 6. The second-order valence-electron chi connectivity index (χ2n) is 30.0. The van der Waals surface area contributed by atoms with E-state index in [1.807, 2.05) is 243 Å². The molecule has 0 amide bonds. The minimum atomic E-state index is -0.0625. The van der Waals surface area contributed by atoms with Gasteiger partial charge in [-0.15, -0.1) is 214 Å². The van der Waals surface area contributed by atoms with Crippen LogP contribution in [0.5, 0.6) is 0 Å². The molecule has 0 aliphatic carbocycles. The number of hydrogen-bond donors (Lipinski definition) is 0. The van der Waals surface area contributed by atoms with Gasteiger partial charge in [0.25, 0.3) is 0 Å². The first-order chi connectivity index (χ1) is 64.9. The van der Waals surface area contributed by atoms with Gasteiger partial charge in [0.1, 0.15) is 34.7 Å². The Labute approximate surface area is 885 Å². The molecule has 10 heterocycles. The van der Waals surface area contributed by atoms with E-state index >= 15 is 0 Å². The number of nitrogens with zero attached hydrogens (tertiary/aromatic N) is 7. The normalized spacial score (nSPS) is 9.82. The van der Waals surface area contributed by atoms with Gasteiger partial charge in [-0.3, -0.25) is 38.7 Å². The number of fused-ring (bicyclic) bond motifs is 6. The zero-order chi connectivity index (χ0) is 93.3. The molecule has 701 valence electrons. The molecule has 13 nitrogen and oxygen atoms in total. The first kappa shape index (κ1) is 112. The van der Waals surface area contributed by atoms with Crippen molar-refractivity contribution < 1.29 is 129 Å². The standard InChI is InChI=1S/C22H16N.C17H10NS.C15H10N.2C13H8NS.2C11H8N.3C5H8O2.5Ir/c1-16-9-5-6-12-18(16)22-15-20(17-10-3-2-4-11-17)19-13-7-8-14-21(19)23-22;1-3-7-14-12(5-1)9-10-15(18-14)17-11-13-6-2-4-8-16(13)19-17;1-2-7-13(8-3-1)15-14-9-5-4-6-12(14)10-11-16-15;2*1-2-7-12-10(5-1)9-13(15-12)11-6-3-4-8-14-11;2*1-2-6-10(7-3-1)11-8-4-5-9-12-11;3*1-4(6)3-5(2)7;;;;;/h2-11,13-15H,1H3;1-10H;1-7,9-11H;2*1-8H;2*1-6,8-9H;3*3H2,1-2H3;;;;;/q7*-1;;;;;;;;. The van der Waals surface area contributed by atoms with Crippen LogP contribution in [0.4, 0.5) is 0 Å². The molecule has 0 atom stereocenters. The van der Waals surface area contributed by atoms with Crippen LogP contribution in [0.3, 0.4) is 0 Å². The molecule has 0 spiro atoms. The van der Waals surface area contributed by atoms with Crippen LogP contribution in [0.2, 0.25) is 0 Å². The Morgan fingerprint density at radius 2 is 0.638 bits per heavy atom. The first-order valence-electron chi connectivity index (χ1n) is 42.7. The fourth-order valence-electron chi connectivity index (χ4n) is 13.3. The van der Waals surface area contributed by atoms with Crippen molar-refractivity contribution in [3.63, 3.8) is 0 Å². The number of aromatic nitrogens is 7. The number of aryl methyl sites for hydroxylation is 1. The van der Waals surface area contributed by atoms with Crippen LogP contribution in [0.1, 0.15) is 66.4 Å². The van der Waals surface area contributed by atoms with Crippen molar-refractivity contribution in [1.82, 2.24) is 34.9 Å². The Bertz CT molecular complexity index is 6880. The van der Waals surface area contributed by atoms with Crippen LogP contribution < -0.4 is 0 Å². The minimum Gasteiger partial charge on any atom is -0.305 e. The van der Waals surface area contributed by atoms with E-state index in [0.29, 0.717) is 0 Å². The first-order valence-corrected chi connectivity index (χ1v) is 45.2. The van der Waals surface area contributed by atoms with Crippen LogP contribution in [-0.4, -0.2) is 69.6 Å². The predicted molar refractivity (Wildman–Crippen MR) is 546 cm³/mol. The third kappa shape index (κ3) is 35.7. The molecule has 0 aliphatic heterocycles. The number of ketones is 6. The predicted octanol–water partition coefficient (Wildman–Crippen LogP) is 28.6. The number of para-hydroxylation sites is 2. The fourth-order valence-corrected chi connectivity index (χ4v) is 16.3. The summed E-state index contributed by atoms with van der Waals surface area (Å²) in [6.45, 7) is 10.5. The number of thiophene rings is 3. The van der Waals surface area contributed by atoms with Gasteiger partial charge in [0, 0.05) is 154 Å². The second-order valence-corrected chi connectivity index (χ2v) is 33.2. The minimum absolute atomic E-state index is 0. The summed E-state index contributed by atoms with van der Waals surface area (Å²) in [6, 6.07) is 145. The van der Waals surface area contributed by atoms with E-state index < -0.39 is 0 Å². The Kier molecular flexibility index (Phi) is 49.0. The molecule has 5 radical (unpaired) electrons. The number of pyridine rings is 7. The summed E-state index contributed by atoms with van der Waals surface area (Å²) in [5.74, 6) is -0.375. The second kappa shape index (κ2) is 60.2. The molecule has 21 aromatic rings. The van der Waals surface area contributed by atoms with Gasteiger partial charge in [0.15, 0.2) is 0 Å². The molecule has 0 saturated heterocycles. The Balaban J connectivity index is 0.000000212. The maximum Gasteiger partial charge on any atom is 0.137 e. The average Bonchev–Trinajstić information content (AvgIpc) is 1.39. The van der Waals surface area contributed by atoms with Gasteiger partial charge in [0.2, 0.25) is 0 Å². The molecule has 0 aliphatic rings. The van der Waals surface area contributed by atoms with Crippen LogP contribution >= 0.6 is 34.0 Å². The van der Waals surface area contributed by atoms with E-state index in [1.54, 1.807) is 46.4 Å². The summed E-state index contributed by atoms with van der Waals surface area (Å²) in [5.41, 5.74) is 16.8. The topological polar surface area (TPSA) is 193 Å². The monoisotopic (exact) mass is 2750 g/mol. The Morgan fingerprint density at radius 3 is 1.05 bits per heavy atom. The van der Waals surface area contributed by atoms with E-state index in [-0.39, 0.29) is 154 Å². The van der Waals surface area contributed by atoms with Gasteiger partial charge in [0.05, 0.1) is 30.3 Å². The summed E-state index contributed by atoms with van der Waals surface area (Å²) >= 11 is 5.21. The average molecular weight is 2750 g/mol. The zero-order valence-electron chi connectivity index (χ0n) is 76.1. The van der Waals surface area contributed by atoms with E-state index in [1.165, 1.54) is 105 Å². The third-order valence-corrected chi connectivity index (χ3v) is 22.5. The van der Waals surface area contributed by atoms with E-state index in [0.717, 1.165) is 93.2 Å². The molecule has 0 fully saturated rings. The molecule has 11 aromatic carbocycles. The van der Waals surface area contributed by atoms with Crippen molar-refractivity contribution >= 4 is 132 Å². The van der Waals surface area contributed by atoms with E-state index in [2.05, 4.69) is 214 Å². The van der Waals surface area contributed by atoms with Gasteiger partial charge < -0.3 is 24.9 Å². The summed E-state index contributed by atoms with van der Waals surface area (Å²) in [6.07, 6.45) is 9.30. The molecular formula is C117H92Ir5N7O6S3-7. The summed E-state index contributed by atoms with van der Waals surface area (Å²) in [4.78, 5) is 94.6. The molecule has 21 heteroatoms. The Hall–Kier alpha value is -12.6. The van der Waals surface area contributed by atoms with E-state index in [4.69, 9.17) is 9.97 Å². The summed E-state index contributed by atoms with van der Waals surface area (Å²) < 4.78 is 3.78. The molecule has 0 N–H and O–H groups in total. The van der Waals surface area contributed by atoms with Gasteiger partial charge >= 0.3 is 0 Å². The summed E-state index contributed by atoms with van der Waals surface area (Å²) in [5, 5.41) is 8.24. The number of carbonyl (C=O) groups is 6. The SMILES string of the molecule is CC(=O)CC(C)=O.CC(=O)CC(C)=O.CC(=O)CC(C)=O.Cc1ccc[c-]c1-c1cc(-c2ccccc2)c2ccccc2n1.[Ir].[Ir].[Ir].[Ir].[Ir].[c-]1c(-c2ccc3ccccc3n2)sc2ccccc12.[c-]1c(-c2ccccn2)sc2ccccc12.[c-]1c(-c2ccccn2)sc2ccccc12.[c-]1ccccc1-c1ccccn1.[c-]1ccccc1-c1ccccn1.[c-]1ccccc1-c1nccc2ccccc12. The molecule has 0 bridgehead atoms. The van der Waals surface area contributed by atoms with Crippen LogP contribution in [0, 0.1) is 49.4 Å². The third-order valence-electron chi connectivity index (χ3n) is 19.2. The molecule has 10 aromatic heterocycles. The van der Waals surface area contributed by atoms with Crippen molar-refractivity contribution in [3.05, 3.63) is 443 Å². The maximum absolute atomic E-state index is 10.0. The molecule has 138 heavy (non-hydrogen) atoms. The van der Waals surface area contributed by atoms with Crippen LogP contribution in [-0.2, 0) is 129 Å². The number of benzene rings is 11. The zero-order valence-corrected chi connectivity index (χ0v) is 90.5. The number of rotatable bonds is 14. The largest absolute Gasteiger partial charge is 0.305 e. The van der Waals surface area contributed by atoms with Gasteiger partial charge in [-0.2, -0.15) is 0 Å². The van der Waals surface area contributed by atoms with Crippen LogP contribution in [0.15, 0.2) is 395 Å². The maximum atomic E-state index is 10.0. The molecule has 21 rings (SSSR count). The molecule has 0 unspecified atom stereocenters. The Morgan fingerprint density at radius 1 is 0.275 bits per heavy atom. The van der Waals surface area contributed by atoms with Crippen molar-refractivity contribution in [3.8, 4) is 87.9 Å². The van der Waals surface area contributed by atoms with Crippen molar-refractivity contribution in [1.29, 1.82) is 0 Å². The number of hydrogen-bond acceptors (Lipinski definition) is 16. The molecular weight excluding hydrogens is 2660 g/mol. The smallest absolute Gasteiger partial charge is 0.137 e. The van der Waals surface area contributed by atoms with Crippen molar-refractivity contribution in [2.24, 2.45) is 0 Å².